The zero-order valence-electron chi connectivity index (χ0n) is 11.7. The molecule has 0 aliphatic carbocycles. The number of fused-ring (bicyclic) bond motifs is 1. The Labute approximate surface area is 122 Å². The van der Waals surface area contributed by atoms with E-state index in [1.54, 1.807) is 0 Å². The van der Waals surface area contributed by atoms with Crippen molar-refractivity contribution in [2.24, 2.45) is 0 Å². The first-order valence-electron chi connectivity index (χ1n) is 6.62. The van der Waals surface area contributed by atoms with Gasteiger partial charge >= 0.3 is 12.0 Å². The molecule has 3 N–H and O–H groups in total. The van der Waals surface area contributed by atoms with Crippen LogP contribution in [0.15, 0.2) is 24.3 Å². The molecule has 2 amide bonds. The van der Waals surface area contributed by atoms with Crippen molar-refractivity contribution in [3.8, 4) is 5.75 Å². The van der Waals surface area contributed by atoms with Crippen molar-refractivity contribution in [3.05, 3.63) is 29.8 Å². The van der Waals surface area contributed by atoms with Crippen LogP contribution in [0.5, 0.6) is 5.75 Å². The van der Waals surface area contributed by atoms with Crippen LogP contribution >= 0.6 is 0 Å². The average Bonchev–Trinajstić information content (AvgIpc) is 2.88. The van der Waals surface area contributed by atoms with Gasteiger partial charge in [0, 0.05) is 13.5 Å². The molecular weight excluding hydrogens is 276 g/mol. The molecule has 0 saturated carbocycles. The van der Waals surface area contributed by atoms with E-state index in [0.29, 0.717) is 6.54 Å². The molecule has 0 bridgehead atoms. The summed E-state index contributed by atoms with van der Waals surface area (Å²) in [5.41, 5.74) is 1.12. The number of aliphatic carboxylic acids is 1. The summed E-state index contributed by atoms with van der Waals surface area (Å²) in [6, 6.07) is 7.29. The van der Waals surface area contributed by atoms with Crippen molar-refractivity contribution in [3.63, 3.8) is 0 Å². The number of carboxylic acids is 1. The van der Waals surface area contributed by atoms with Gasteiger partial charge in [-0.1, -0.05) is 18.2 Å². The van der Waals surface area contributed by atoms with Crippen LogP contribution in [-0.2, 0) is 16.0 Å². The molecule has 1 aliphatic heterocycles. The highest BCUT2D eigenvalue weighted by molar-refractivity contribution is 5.76. The number of benzene rings is 1. The van der Waals surface area contributed by atoms with E-state index in [4.69, 9.17) is 14.6 Å². The highest BCUT2D eigenvalue weighted by Gasteiger charge is 2.23. The van der Waals surface area contributed by atoms with Gasteiger partial charge in [-0.15, -0.1) is 0 Å². The number of nitrogens with one attached hydrogen (secondary N) is 2. The Morgan fingerprint density at radius 1 is 1.43 bits per heavy atom. The lowest BCUT2D eigenvalue weighted by atomic mass is 10.1. The zero-order chi connectivity index (χ0) is 15.2. The van der Waals surface area contributed by atoms with E-state index in [2.05, 4.69) is 10.6 Å². The van der Waals surface area contributed by atoms with E-state index in [1.807, 2.05) is 24.3 Å². The van der Waals surface area contributed by atoms with Gasteiger partial charge in [0.2, 0.25) is 0 Å². The Morgan fingerprint density at radius 3 is 2.86 bits per heavy atom. The lowest BCUT2D eigenvalue weighted by molar-refractivity contribution is -0.147. The summed E-state index contributed by atoms with van der Waals surface area (Å²) in [4.78, 5) is 22.3. The second-order valence-electron chi connectivity index (χ2n) is 4.71. The monoisotopic (exact) mass is 294 g/mol. The minimum absolute atomic E-state index is 0.0938. The fourth-order valence-electron chi connectivity index (χ4n) is 2.09. The number of hydrogen-bond donors (Lipinski definition) is 3. The number of urea groups is 1. The Kier molecular flexibility index (Phi) is 4.99. The molecule has 1 aromatic rings. The normalized spacial score (nSPS) is 17.5. The first-order chi connectivity index (χ1) is 10.1. The molecule has 7 heteroatoms. The number of para-hydroxylation sites is 1. The smallest absolute Gasteiger partial charge is 0.334 e. The van der Waals surface area contributed by atoms with Crippen molar-refractivity contribution in [1.29, 1.82) is 0 Å². The van der Waals surface area contributed by atoms with E-state index < -0.39 is 18.1 Å². The second kappa shape index (κ2) is 6.94. The van der Waals surface area contributed by atoms with E-state index >= 15 is 0 Å². The van der Waals surface area contributed by atoms with Crippen LogP contribution in [0.4, 0.5) is 4.79 Å². The maximum atomic E-state index is 11.6. The van der Waals surface area contributed by atoms with E-state index in [9.17, 15) is 9.59 Å². The number of rotatable bonds is 6. The minimum atomic E-state index is -1.12. The lowest BCUT2D eigenvalue weighted by Crippen LogP contribution is -2.45. The summed E-state index contributed by atoms with van der Waals surface area (Å²) in [7, 11) is 1.28. The molecule has 0 saturated heterocycles. The number of ether oxygens (including phenoxy) is 2. The predicted molar refractivity (Wildman–Crippen MR) is 74.4 cm³/mol. The molecule has 2 rings (SSSR count). The van der Waals surface area contributed by atoms with Crippen LogP contribution in [0.25, 0.3) is 0 Å². The van der Waals surface area contributed by atoms with Gasteiger partial charge < -0.3 is 25.2 Å². The first-order valence-corrected chi connectivity index (χ1v) is 6.62. The zero-order valence-corrected chi connectivity index (χ0v) is 11.7. The third kappa shape index (κ3) is 4.09. The third-order valence-corrected chi connectivity index (χ3v) is 3.21. The SMILES string of the molecule is COC(CNC(=O)NCC1Cc2ccccc2O1)C(=O)O. The predicted octanol–water partition coefficient (Wildman–Crippen LogP) is 0.389. The van der Waals surface area contributed by atoms with Crippen molar-refractivity contribution >= 4 is 12.0 Å². The number of methoxy groups -OCH3 is 1. The Hall–Kier alpha value is -2.28. The number of amides is 2. The summed E-state index contributed by atoms with van der Waals surface area (Å²) in [5.74, 6) is -0.276. The van der Waals surface area contributed by atoms with Gasteiger partial charge in [-0.05, 0) is 11.6 Å². The van der Waals surface area contributed by atoms with E-state index in [-0.39, 0.29) is 12.6 Å². The number of carbonyl (C=O) groups excluding carboxylic acids is 1. The molecule has 0 aromatic heterocycles. The first kappa shape index (κ1) is 15.1. The second-order valence-corrected chi connectivity index (χ2v) is 4.71. The van der Waals surface area contributed by atoms with Gasteiger partial charge in [0.05, 0.1) is 13.1 Å². The summed E-state index contributed by atoms with van der Waals surface area (Å²) >= 11 is 0. The van der Waals surface area contributed by atoms with Crippen LogP contribution in [0, 0.1) is 0 Å². The van der Waals surface area contributed by atoms with Crippen LogP contribution in [0.1, 0.15) is 5.56 Å². The lowest BCUT2D eigenvalue weighted by Gasteiger charge is -2.14. The molecule has 2 unspecified atom stereocenters. The van der Waals surface area contributed by atoms with Crippen LogP contribution in [0.2, 0.25) is 0 Å². The van der Waals surface area contributed by atoms with Gasteiger partial charge in [-0.25, -0.2) is 9.59 Å². The molecule has 0 spiro atoms. The topological polar surface area (TPSA) is 96.9 Å². The largest absolute Gasteiger partial charge is 0.488 e. The van der Waals surface area contributed by atoms with Gasteiger partial charge in [0.15, 0.2) is 6.10 Å². The fourth-order valence-corrected chi connectivity index (χ4v) is 2.09. The summed E-state index contributed by atoms with van der Waals surface area (Å²) in [6.45, 7) is 0.259. The minimum Gasteiger partial charge on any atom is -0.488 e. The average molecular weight is 294 g/mol. The fraction of sp³-hybridized carbons (Fsp3) is 0.429. The van der Waals surface area contributed by atoms with Gasteiger partial charge in [0.1, 0.15) is 11.9 Å². The molecule has 0 radical (unpaired) electrons. The standard InChI is InChI=1S/C14H18N2O5/c1-20-12(13(17)18)8-16-14(19)15-7-10-6-9-4-2-3-5-11(9)21-10/h2-5,10,12H,6-8H2,1H3,(H,17,18)(H2,15,16,19). The summed E-state index contributed by atoms with van der Waals surface area (Å²) < 4.78 is 10.4. The van der Waals surface area contributed by atoms with Crippen molar-refractivity contribution in [2.75, 3.05) is 20.2 Å². The van der Waals surface area contributed by atoms with Gasteiger partial charge in [-0.3, -0.25) is 0 Å². The molecule has 1 heterocycles. The molecule has 0 fully saturated rings. The highest BCUT2D eigenvalue weighted by atomic mass is 16.5. The number of carbonyl (C=O) groups is 2. The molecule has 1 aromatic carbocycles. The third-order valence-electron chi connectivity index (χ3n) is 3.21. The molecule has 1 aliphatic rings. The molecule has 21 heavy (non-hydrogen) atoms. The maximum Gasteiger partial charge on any atom is 0.334 e. The Morgan fingerprint density at radius 2 is 2.19 bits per heavy atom. The van der Waals surface area contributed by atoms with Crippen LogP contribution in [0.3, 0.4) is 0 Å². The van der Waals surface area contributed by atoms with E-state index in [1.165, 1.54) is 7.11 Å². The molecule has 2 atom stereocenters. The van der Waals surface area contributed by atoms with Crippen LogP contribution < -0.4 is 15.4 Å². The van der Waals surface area contributed by atoms with Gasteiger partial charge in [-0.2, -0.15) is 0 Å². The quantitative estimate of drug-likeness (QED) is 0.705. The number of carboxylic acid groups (broad SMARTS) is 1. The molecule has 114 valence electrons. The maximum absolute atomic E-state index is 11.6. The van der Waals surface area contributed by atoms with Crippen molar-refractivity contribution < 1.29 is 24.2 Å². The highest BCUT2D eigenvalue weighted by Crippen LogP contribution is 2.27. The Bertz CT molecular complexity index is 495. The van der Waals surface area contributed by atoms with Crippen molar-refractivity contribution in [1.82, 2.24) is 10.6 Å². The van der Waals surface area contributed by atoms with Crippen LogP contribution in [-0.4, -0.2) is 49.5 Å². The summed E-state index contributed by atoms with van der Waals surface area (Å²) in [6.07, 6.45) is -0.416. The Balaban J connectivity index is 1.70. The van der Waals surface area contributed by atoms with Gasteiger partial charge in [0.25, 0.3) is 0 Å². The number of hydrogen-bond acceptors (Lipinski definition) is 4. The molecular formula is C14H18N2O5. The van der Waals surface area contributed by atoms with E-state index in [0.717, 1.165) is 17.7 Å². The molecule has 7 nitrogen and oxygen atoms in total. The summed E-state index contributed by atoms with van der Waals surface area (Å²) in [5, 5.41) is 13.9. The van der Waals surface area contributed by atoms with Crippen molar-refractivity contribution in [2.45, 2.75) is 18.6 Å².